The molecule has 0 radical (unpaired) electrons. The van der Waals surface area contributed by atoms with E-state index in [0.717, 1.165) is 37.5 Å². The summed E-state index contributed by atoms with van der Waals surface area (Å²) in [5.74, 6) is 2.22. The fraction of sp³-hybridized carbons (Fsp3) is 0.800. The second-order valence-corrected chi connectivity index (χ2v) is 9.63. The van der Waals surface area contributed by atoms with Gasteiger partial charge in [-0.3, -0.25) is 5.43 Å². The van der Waals surface area contributed by atoms with Crippen molar-refractivity contribution in [3.05, 3.63) is 11.6 Å². The molecule has 4 aliphatic carbocycles. The first-order chi connectivity index (χ1) is 11.8. The average Bonchev–Trinajstić information content (AvgIpc) is 2.90. The van der Waals surface area contributed by atoms with E-state index in [2.05, 4.69) is 30.5 Å². The Balaban J connectivity index is 1.62. The second kappa shape index (κ2) is 6.05. The number of allylic oxidation sites excluding steroid dienone is 1. The lowest BCUT2D eigenvalue weighted by Crippen LogP contribution is -2.50. The minimum atomic E-state index is -0.124. The molecule has 5 heteroatoms. The third-order valence-electron chi connectivity index (χ3n) is 8.12. The van der Waals surface area contributed by atoms with Crippen LogP contribution in [0.4, 0.5) is 0 Å². The van der Waals surface area contributed by atoms with Crippen molar-refractivity contribution in [2.45, 2.75) is 71.3 Å². The monoisotopic (exact) mass is 361 g/mol. The summed E-state index contributed by atoms with van der Waals surface area (Å²) in [6.45, 7) is 4.88. The van der Waals surface area contributed by atoms with Crippen LogP contribution < -0.4 is 11.2 Å². The molecule has 0 spiro atoms. The van der Waals surface area contributed by atoms with Gasteiger partial charge in [-0.2, -0.15) is 5.10 Å². The number of hydrazone groups is 1. The summed E-state index contributed by atoms with van der Waals surface area (Å²) in [7, 11) is 0. The number of aliphatic hydroxyl groups excluding tert-OH is 1. The van der Waals surface area contributed by atoms with Crippen molar-refractivity contribution in [1.82, 2.24) is 5.43 Å². The Morgan fingerprint density at radius 3 is 2.72 bits per heavy atom. The normalized spacial score (nSPS) is 47.5. The summed E-state index contributed by atoms with van der Waals surface area (Å²) in [6, 6.07) is 0. The Bertz CT molecular complexity index is 645. The first-order valence-electron chi connectivity index (χ1n) is 9.84. The largest absolute Gasteiger partial charge is 0.393 e. The molecule has 0 aromatic heterocycles. The van der Waals surface area contributed by atoms with Gasteiger partial charge >= 0.3 is 0 Å². The van der Waals surface area contributed by atoms with Crippen LogP contribution in [0.25, 0.3) is 0 Å². The number of thiocarbonyl (C=S) groups is 1. The molecule has 0 heterocycles. The number of hydrogen-bond donors (Lipinski definition) is 3. The number of aliphatic hydroxyl groups is 1. The molecule has 0 amide bonds. The lowest BCUT2D eigenvalue weighted by molar-refractivity contribution is -0.0209. The second-order valence-electron chi connectivity index (χ2n) is 9.19. The Morgan fingerprint density at radius 1 is 1.24 bits per heavy atom. The van der Waals surface area contributed by atoms with E-state index < -0.39 is 0 Å². The van der Waals surface area contributed by atoms with Gasteiger partial charge in [0.25, 0.3) is 0 Å². The molecule has 0 saturated heterocycles. The third-order valence-corrected chi connectivity index (χ3v) is 8.21. The number of hydrogen-bond acceptors (Lipinski definition) is 3. The fourth-order valence-electron chi connectivity index (χ4n) is 6.74. The molecule has 6 unspecified atom stereocenters. The summed E-state index contributed by atoms with van der Waals surface area (Å²) in [5.41, 5.74) is 11.7. The number of nitrogens with zero attached hydrogens (tertiary/aromatic N) is 1. The van der Waals surface area contributed by atoms with Gasteiger partial charge in [-0.05, 0) is 86.8 Å². The number of fused-ring (bicyclic) bond motifs is 5. The molecule has 4 nitrogen and oxygen atoms in total. The highest BCUT2D eigenvalue weighted by atomic mass is 32.1. The van der Waals surface area contributed by atoms with Gasteiger partial charge in [-0.1, -0.05) is 25.5 Å². The zero-order valence-corrected chi connectivity index (χ0v) is 16.2. The molecule has 4 N–H and O–H groups in total. The lowest BCUT2D eigenvalue weighted by atomic mass is 9.48. The number of rotatable bonds is 1. The molecule has 6 atom stereocenters. The van der Waals surface area contributed by atoms with E-state index in [4.69, 9.17) is 18.0 Å². The van der Waals surface area contributed by atoms with Crippen molar-refractivity contribution >= 4 is 23.0 Å². The molecule has 0 aliphatic heterocycles. The van der Waals surface area contributed by atoms with Crippen molar-refractivity contribution in [2.75, 3.05) is 0 Å². The minimum Gasteiger partial charge on any atom is -0.393 e. The molecule has 4 aliphatic rings. The van der Waals surface area contributed by atoms with Crippen molar-refractivity contribution in [2.24, 2.45) is 39.4 Å². The van der Waals surface area contributed by atoms with Gasteiger partial charge in [0.1, 0.15) is 0 Å². The van der Waals surface area contributed by atoms with Crippen LogP contribution >= 0.6 is 12.2 Å². The van der Waals surface area contributed by atoms with Gasteiger partial charge in [0.15, 0.2) is 5.11 Å². The van der Waals surface area contributed by atoms with Crippen molar-refractivity contribution in [1.29, 1.82) is 0 Å². The predicted octanol–water partition coefficient (Wildman–Crippen LogP) is 3.50. The van der Waals surface area contributed by atoms with Crippen LogP contribution in [0.2, 0.25) is 0 Å². The highest BCUT2D eigenvalue weighted by molar-refractivity contribution is 7.80. The van der Waals surface area contributed by atoms with Gasteiger partial charge in [-0.25, -0.2) is 0 Å². The van der Waals surface area contributed by atoms with E-state index in [-0.39, 0.29) is 16.6 Å². The molecule has 4 rings (SSSR count). The van der Waals surface area contributed by atoms with Crippen LogP contribution in [0.15, 0.2) is 16.8 Å². The van der Waals surface area contributed by atoms with E-state index in [0.29, 0.717) is 11.3 Å². The molecule has 3 saturated carbocycles. The number of nitrogens with one attached hydrogen (secondary N) is 1. The Labute approximate surface area is 156 Å². The van der Waals surface area contributed by atoms with Gasteiger partial charge in [0.2, 0.25) is 0 Å². The topological polar surface area (TPSA) is 70.6 Å². The molecule has 3 fully saturated rings. The van der Waals surface area contributed by atoms with Gasteiger partial charge in [0.05, 0.1) is 6.10 Å². The van der Waals surface area contributed by atoms with Crippen LogP contribution in [0.3, 0.4) is 0 Å². The van der Waals surface area contributed by atoms with E-state index in [1.165, 1.54) is 37.0 Å². The fourth-order valence-corrected chi connectivity index (χ4v) is 6.78. The first kappa shape index (κ1) is 17.5. The molecule has 0 aromatic carbocycles. The Hall–Kier alpha value is -0.940. The summed E-state index contributed by atoms with van der Waals surface area (Å²) in [4.78, 5) is 0. The predicted molar refractivity (Wildman–Crippen MR) is 105 cm³/mol. The first-order valence-corrected chi connectivity index (χ1v) is 10.3. The van der Waals surface area contributed by atoms with Crippen LogP contribution in [0, 0.1) is 28.6 Å². The molecule has 138 valence electrons. The maximum absolute atomic E-state index is 10.1. The standard InChI is InChI=1S/C20H31N3OS/c1-19-9-7-13(24)11-12(19)3-4-14-15-5-6-17(22-23-18(21)25)20(15,2)10-8-16(14)19/h3,13-16,24H,4-11H2,1-2H3,(H3,21,23,25). The van der Waals surface area contributed by atoms with Gasteiger partial charge in [-0.15, -0.1) is 0 Å². The minimum absolute atomic E-state index is 0.124. The lowest BCUT2D eigenvalue weighted by Gasteiger charge is -2.57. The van der Waals surface area contributed by atoms with Crippen LogP contribution in [-0.4, -0.2) is 22.0 Å². The average molecular weight is 362 g/mol. The summed E-state index contributed by atoms with van der Waals surface area (Å²) in [5, 5.41) is 14.9. The number of nitrogens with two attached hydrogens (primary N) is 1. The van der Waals surface area contributed by atoms with E-state index in [1.54, 1.807) is 0 Å². The third kappa shape index (κ3) is 2.66. The quantitative estimate of drug-likeness (QED) is 0.380. The van der Waals surface area contributed by atoms with E-state index in [1.807, 2.05) is 0 Å². The van der Waals surface area contributed by atoms with Crippen LogP contribution in [0.5, 0.6) is 0 Å². The van der Waals surface area contributed by atoms with Gasteiger partial charge < -0.3 is 10.8 Å². The van der Waals surface area contributed by atoms with E-state index >= 15 is 0 Å². The molecular weight excluding hydrogens is 330 g/mol. The zero-order chi connectivity index (χ0) is 17.8. The highest BCUT2D eigenvalue weighted by Gasteiger charge is 2.57. The summed E-state index contributed by atoms with van der Waals surface area (Å²) < 4.78 is 0. The molecule has 0 aromatic rings. The molecule has 0 bridgehead atoms. The molecular formula is C20H31N3OS. The summed E-state index contributed by atoms with van der Waals surface area (Å²) >= 11 is 4.93. The summed E-state index contributed by atoms with van der Waals surface area (Å²) in [6.07, 6.45) is 11.3. The zero-order valence-electron chi connectivity index (χ0n) is 15.4. The molecule has 25 heavy (non-hydrogen) atoms. The van der Waals surface area contributed by atoms with Gasteiger partial charge in [0, 0.05) is 11.1 Å². The Morgan fingerprint density at radius 2 is 1.96 bits per heavy atom. The van der Waals surface area contributed by atoms with E-state index in [9.17, 15) is 5.11 Å². The SMILES string of the molecule is CC12CCC(O)CC1=CCC1C2CCC2(C)C(=NNC(N)=S)CCC12. The van der Waals surface area contributed by atoms with Crippen molar-refractivity contribution in [3.63, 3.8) is 0 Å². The van der Waals surface area contributed by atoms with Crippen molar-refractivity contribution < 1.29 is 5.11 Å². The maximum Gasteiger partial charge on any atom is 0.184 e. The highest BCUT2D eigenvalue weighted by Crippen LogP contribution is 2.64. The van der Waals surface area contributed by atoms with Crippen LogP contribution in [0.1, 0.15) is 65.2 Å². The van der Waals surface area contributed by atoms with Crippen LogP contribution in [-0.2, 0) is 0 Å². The maximum atomic E-state index is 10.1. The smallest absolute Gasteiger partial charge is 0.184 e. The van der Waals surface area contributed by atoms with Crippen molar-refractivity contribution in [3.8, 4) is 0 Å². The Kier molecular flexibility index (Phi) is 4.23.